The Morgan fingerprint density at radius 2 is 1.62 bits per heavy atom. The molecule has 8 nitrogen and oxygen atoms in total. The summed E-state index contributed by atoms with van der Waals surface area (Å²) in [7, 11) is 0. The molecule has 0 saturated heterocycles. The lowest BCUT2D eigenvalue weighted by atomic mass is 10.2. The Morgan fingerprint density at radius 3 is 2.00 bits per heavy atom. The highest BCUT2D eigenvalue weighted by Crippen LogP contribution is 2.12. The lowest BCUT2D eigenvalue weighted by molar-refractivity contribution is -0.179. The average Bonchev–Trinajstić information content (AvgIpc) is 2.24. The predicted molar refractivity (Wildman–Crippen MR) is 69.2 cm³/mol. The first kappa shape index (κ1) is 18.9. The third-order valence-corrected chi connectivity index (χ3v) is 1.98. The van der Waals surface area contributed by atoms with Crippen LogP contribution in [-0.2, 0) is 33.4 Å². The summed E-state index contributed by atoms with van der Waals surface area (Å²) >= 11 is 0. The van der Waals surface area contributed by atoms with Crippen molar-refractivity contribution in [2.75, 3.05) is 0 Å². The van der Waals surface area contributed by atoms with Gasteiger partial charge in [0.2, 0.25) is 6.10 Å². The number of rotatable bonds is 6. The highest BCUT2D eigenvalue weighted by molar-refractivity contribution is 5.86. The smallest absolute Gasteiger partial charge is 0.348 e. The maximum Gasteiger partial charge on any atom is 0.348 e. The van der Waals surface area contributed by atoms with Crippen molar-refractivity contribution >= 4 is 23.9 Å². The maximum absolute atomic E-state index is 11.7. The van der Waals surface area contributed by atoms with Crippen LogP contribution in [-0.4, -0.2) is 46.8 Å². The van der Waals surface area contributed by atoms with Crippen molar-refractivity contribution in [1.29, 1.82) is 0 Å². The van der Waals surface area contributed by atoms with Crippen LogP contribution in [0.1, 0.15) is 41.0 Å². The molecule has 0 unspecified atom stereocenters. The molecule has 0 spiro atoms. The second kappa shape index (κ2) is 7.61. The summed E-state index contributed by atoms with van der Waals surface area (Å²) in [6.45, 7) is 7.10. The van der Waals surface area contributed by atoms with Gasteiger partial charge < -0.3 is 19.3 Å². The zero-order valence-corrected chi connectivity index (χ0v) is 12.7. The quantitative estimate of drug-likeness (QED) is 0.562. The van der Waals surface area contributed by atoms with E-state index in [1.54, 1.807) is 20.8 Å². The number of esters is 3. The minimum absolute atomic E-state index is 0.554. The molecule has 120 valence electrons. The van der Waals surface area contributed by atoms with Gasteiger partial charge in [-0.3, -0.25) is 9.59 Å². The van der Waals surface area contributed by atoms with E-state index >= 15 is 0 Å². The van der Waals surface area contributed by atoms with E-state index in [1.165, 1.54) is 0 Å². The monoisotopic (exact) mass is 304 g/mol. The normalized spacial score (nSPS) is 13.8. The number of carbonyl (C=O) groups excluding carboxylic acids is 3. The summed E-state index contributed by atoms with van der Waals surface area (Å²) in [4.78, 5) is 44.9. The van der Waals surface area contributed by atoms with E-state index in [2.05, 4.69) is 9.47 Å². The van der Waals surface area contributed by atoms with Crippen LogP contribution < -0.4 is 0 Å². The highest BCUT2D eigenvalue weighted by atomic mass is 16.6. The molecule has 0 aliphatic heterocycles. The fourth-order valence-electron chi connectivity index (χ4n) is 1.21. The second-order valence-electron chi connectivity index (χ2n) is 5.31. The van der Waals surface area contributed by atoms with Gasteiger partial charge in [0, 0.05) is 6.92 Å². The molecule has 0 radical (unpaired) electrons. The molecule has 0 aromatic rings. The number of ether oxygens (including phenoxy) is 3. The molecule has 0 amide bonds. The van der Waals surface area contributed by atoms with E-state index in [0.717, 1.165) is 13.8 Å². The highest BCUT2D eigenvalue weighted by Gasteiger charge is 2.31. The summed E-state index contributed by atoms with van der Waals surface area (Å²) in [6, 6.07) is 0. The topological polar surface area (TPSA) is 116 Å². The number of aliphatic carboxylic acids is 1. The van der Waals surface area contributed by atoms with Crippen molar-refractivity contribution in [3.05, 3.63) is 0 Å². The van der Waals surface area contributed by atoms with E-state index in [4.69, 9.17) is 9.84 Å². The minimum atomic E-state index is -1.54. The standard InChI is InChI=1S/C13H20O8/c1-7(11(16)17)19-12(18)9(20-8(2)14)6-10(15)21-13(3,4)5/h7,9H,6H2,1-5H3,(H,16,17)/t7-,9-/m0/s1. The van der Waals surface area contributed by atoms with Gasteiger partial charge in [0.1, 0.15) is 5.60 Å². The first-order valence-electron chi connectivity index (χ1n) is 6.24. The van der Waals surface area contributed by atoms with Gasteiger partial charge in [-0.25, -0.2) is 9.59 Å². The third kappa shape index (κ3) is 8.61. The first-order valence-corrected chi connectivity index (χ1v) is 6.24. The largest absolute Gasteiger partial charge is 0.479 e. The summed E-state index contributed by atoms with van der Waals surface area (Å²) in [5.41, 5.74) is -0.768. The van der Waals surface area contributed by atoms with Crippen LogP contribution in [0.5, 0.6) is 0 Å². The lowest BCUT2D eigenvalue weighted by Crippen LogP contribution is -2.36. The van der Waals surface area contributed by atoms with Gasteiger partial charge in [0.05, 0.1) is 6.42 Å². The predicted octanol–water partition coefficient (Wildman–Crippen LogP) is 0.666. The number of hydrogen-bond donors (Lipinski definition) is 1. The first-order chi connectivity index (χ1) is 9.42. The fourth-order valence-corrected chi connectivity index (χ4v) is 1.21. The Labute approximate surface area is 122 Å². The number of hydrogen-bond acceptors (Lipinski definition) is 7. The number of carboxylic acids is 1. The molecule has 0 heterocycles. The van der Waals surface area contributed by atoms with Crippen LogP contribution in [0.25, 0.3) is 0 Å². The molecule has 0 bridgehead atoms. The molecule has 1 N–H and O–H groups in total. The average molecular weight is 304 g/mol. The van der Waals surface area contributed by atoms with Crippen molar-refractivity contribution < 1.29 is 38.5 Å². The van der Waals surface area contributed by atoms with Gasteiger partial charge >= 0.3 is 23.9 Å². The van der Waals surface area contributed by atoms with Gasteiger partial charge in [-0.15, -0.1) is 0 Å². The van der Waals surface area contributed by atoms with Crippen LogP contribution in [0.3, 0.4) is 0 Å². The van der Waals surface area contributed by atoms with E-state index in [0.29, 0.717) is 0 Å². The second-order valence-corrected chi connectivity index (χ2v) is 5.31. The van der Waals surface area contributed by atoms with Crippen molar-refractivity contribution in [3.8, 4) is 0 Å². The molecule has 0 rings (SSSR count). The Morgan fingerprint density at radius 1 is 1.10 bits per heavy atom. The maximum atomic E-state index is 11.7. The van der Waals surface area contributed by atoms with Gasteiger partial charge in [-0.1, -0.05) is 0 Å². The molecule has 0 aromatic carbocycles. The summed E-state index contributed by atoms with van der Waals surface area (Å²) in [5, 5.41) is 8.65. The Kier molecular flexibility index (Phi) is 6.84. The molecule has 0 aliphatic rings. The van der Waals surface area contributed by atoms with Crippen LogP contribution in [0, 0.1) is 0 Å². The minimum Gasteiger partial charge on any atom is -0.479 e. The fraction of sp³-hybridized carbons (Fsp3) is 0.692. The van der Waals surface area contributed by atoms with Gasteiger partial charge in [-0.2, -0.15) is 0 Å². The van der Waals surface area contributed by atoms with Crippen molar-refractivity contribution in [2.45, 2.75) is 58.8 Å². The van der Waals surface area contributed by atoms with Gasteiger partial charge in [0.15, 0.2) is 6.10 Å². The lowest BCUT2D eigenvalue weighted by Gasteiger charge is -2.22. The van der Waals surface area contributed by atoms with E-state index in [-0.39, 0.29) is 0 Å². The Balaban J connectivity index is 4.79. The number of carbonyl (C=O) groups is 4. The molecule has 2 atom stereocenters. The van der Waals surface area contributed by atoms with Gasteiger partial charge in [0.25, 0.3) is 0 Å². The van der Waals surface area contributed by atoms with Crippen molar-refractivity contribution in [3.63, 3.8) is 0 Å². The van der Waals surface area contributed by atoms with E-state index < -0.39 is 48.1 Å². The summed E-state index contributed by atoms with van der Waals surface area (Å²) in [5.74, 6) is -4.05. The third-order valence-electron chi connectivity index (χ3n) is 1.98. The van der Waals surface area contributed by atoms with Crippen molar-refractivity contribution in [1.82, 2.24) is 0 Å². The molecule has 0 saturated carbocycles. The molecular weight excluding hydrogens is 284 g/mol. The number of carboxylic acid groups (broad SMARTS) is 1. The summed E-state index contributed by atoms with van der Waals surface area (Å²) in [6.07, 6.45) is -3.52. The van der Waals surface area contributed by atoms with Crippen LogP contribution in [0.4, 0.5) is 0 Å². The molecule has 21 heavy (non-hydrogen) atoms. The van der Waals surface area contributed by atoms with E-state index in [1.807, 2.05) is 0 Å². The van der Waals surface area contributed by atoms with Crippen molar-refractivity contribution in [2.24, 2.45) is 0 Å². The van der Waals surface area contributed by atoms with Gasteiger partial charge in [-0.05, 0) is 27.7 Å². The Bertz CT molecular complexity index is 420. The van der Waals surface area contributed by atoms with Crippen LogP contribution in [0.15, 0.2) is 0 Å². The van der Waals surface area contributed by atoms with E-state index in [9.17, 15) is 19.2 Å². The molecule has 0 fully saturated rings. The van der Waals surface area contributed by atoms with Crippen LogP contribution in [0.2, 0.25) is 0 Å². The van der Waals surface area contributed by atoms with Crippen LogP contribution >= 0.6 is 0 Å². The zero-order chi connectivity index (χ0) is 16.8. The molecule has 0 aliphatic carbocycles. The Hall–Kier alpha value is -2.12. The summed E-state index contributed by atoms with van der Waals surface area (Å²) < 4.78 is 14.3. The zero-order valence-electron chi connectivity index (χ0n) is 12.7. The molecule has 8 heteroatoms. The molecular formula is C13H20O8. The molecule has 0 aromatic heterocycles. The SMILES string of the molecule is CC(=O)O[C@@H](CC(=O)OC(C)(C)C)C(=O)O[C@@H](C)C(=O)O.